The largest absolute Gasteiger partial charge is 0.309 e. The lowest BCUT2D eigenvalue weighted by atomic mass is 9.94. The van der Waals surface area contributed by atoms with Gasteiger partial charge in [-0.3, -0.25) is 0 Å². The van der Waals surface area contributed by atoms with Crippen molar-refractivity contribution in [2.24, 2.45) is 0 Å². The second-order valence-corrected chi connectivity index (χ2v) is 14.5. The van der Waals surface area contributed by atoms with E-state index < -0.39 is 0 Å². The summed E-state index contributed by atoms with van der Waals surface area (Å²) in [6.45, 7) is 2.19. The minimum Gasteiger partial charge on any atom is -0.309 e. The summed E-state index contributed by atoms with van der Waals surface area (Å²) in [5.41, 5.74) is 13.2. The second-order valence-electron chi connectivity index (χ2n) is 14.5. The Morgan fingerprint density at radius 2 is 0.842 bits per heavy atom. The lowest BCUT2D eigenvalue weighted by Crippen LogP contribution is -2.00. The molecule has 0 aliphatic rings. The standard InChI is InChI=1S/C52H35N5/c1-34-28-29-37(52-54-50(35-16-5-2-6-17-35)53-51(55-52)36-18-7-3-8-19-36)32-43(34)42-24-15-27-48-49(42)44-33-39(30-31-47(44)56(48)38-20-9-4-10-21-38)57-45-25-13-11-22-40(45)41-23-12-14-26-46(41)57/h2-33H,1H3. The lowest BCUT2D eigenvalue weighted by molar-refractivity contribution is 1.07. The fraction of sp³-hybridized carbons (Fsp3) is 0.0192. The van der Waals surface area contributed by atoms with Crippen LogP contribution < -0.4 is 0 Å². The monoisotopic (exact) mass is 729 g/mol. The molecule has 0 aliphatic carbocycles. The van der Waals surface area contributed by atoms with Crippen LogP contribution in [0.25, 0.3) is 100 Å². The van der Waals surface area contributed by atoms with Crippen LogP contribution in [0.3, 0.4) is 0 Å². The zero-order valence-electron chi connectivity index (χ0n) is 31.2. The highest BCUT2D eigenvalue weighted by molar-refractivity contribution is 6.17. The molecule has 0 bridgehead atoms. The molecule has 0 unspecified atom stereocenters. The predicted molar refractivity (Wildman–Crippen MR) is 235 cm³/mol. The van der Waals surface area contributed by atoms with Crippen LogP contribution in [-0.2, 0) is 0 Å². The van der Waals surface area contributed by atoms with Crippen LogP contribution in [-0.4, -0.2) is 24.1 Å². The lowest BCUT2D eigenvalue weighted by Gasteiger charge is -2.13. The van der Waals surface area contributed by atoms with Gasteiger partial charge in [0.05, 0.1) is 22.1 Å². The Morgan fingerprint density at radius 3 is 1.47 bits per heavy atom. The van der Waals surface area contributed by atoms with E-state index in [4.69, 9.17) is 15.0 Å². The summed E-state index contributed by atoms with van der Waals surface area (Å²) < 4.78 is 4.80. The normalized spacial score (nSPS) is 11.6. The van der Waals surface area contributed by atoms with Crippen LogP contribution in [0.5, 0.6) is 0 Å². The summed E-state index contributed by atoms with van der Waals surface area (Å²) >= 11 is 0. The van der Waals surface area contributed by atoms with Gasteiger partial charge in [0, 0.05) is 49.6 Å². The van der Waals surface area contributed by atoms with Crippen LogP contribution in [0.15, 0.2) is 194 Å². The summed E-state index contributed by atoms with van der Waals surface area (Å²) in [7, 11) is 0. The van der Waals surface area contributed by atoms with Crippen molar-refractivity contribution < 1.29 is 0 Å². The molecule has 11 aromatic rings. The average Bonchev–Trinajstić information content (AvgIpc) is 3.80. The van der Waals surface area contributed by atoms with Gasteiger partial charge in [0.15, 0.2) is 17.5 Å². The van der Waals surface area contributed by atoms with E-state index in [1.807, 2.05) is 60.7 Å². The number of aryl methyl sites for hydroxylation is 1. The van der Waals surface area contributed by atoms with Crippen molar-refractivity contribution >= 4 is 43.6 Å². The molecule has 0 saturated carbocycles. The Labute approximate surface area is 329 Å². The van der Waals surface area contributed by atoms with Gasteiger partial charge in [0.1, 0.15) is 0 Å². The Bertz CT molecular complexity index is 3180. The fourth-order valence-electron chi connectivity index (χ4n) is 8.47. The highest BCUT2D eigenvalue weighted by atomic mass is 15.0. The van der Waals surface area contributed by atoms with Crippen molar-refractivity contribution in [1.29, 1.82) is 0 Å². The van der Waals surface area contributed by atoms with Gasteiger partial charge in [-0.05, 0) is 78.2 Å². The van der Waals surface area contributed by atoms with E-state index in [0.29, 0.717) is 17.5 Å². The predicted octanol–water partition coefficient (Wildman–Crippen LogP) is 13.0. The van der Waals surface area contributed by atoms with Gasteiger partial charge in [-0.15, -0.1) is 0 Å². The first kappa shape index (κ1) is 32.8. The zero-order chi connectivity index (χ0) is 37.9. The Kier molecular flexibility index (Phi) is 7.64. The molecule has 3 aromatic heterocycles. The fourth-order valence-corrected chi connectivity index (χ4v) is 8.47. The molecule has 0 amide bonds. The van der Waals surface area contributed by atoms with Crippen LogP contribution in [0.4, 0.5) is 0 Å². The number of hydrogen-bond acceptors (Lipinski definition) is 3. The van der Waals surface area contributed by atoms with Crippen LogP contribution in [0.1, 0.15) is 5.56 Å². The van der Waals surface area contributed by atoms with E-state index in [2.05, 4.69) is 150 Å². The van der Waals surface area contributed by atoms with Crippen LogP contribution >= 0.6 is 0 Å². The molecule has 0 aliphatic heterocycles. The number of rotatable bonds is 6. The molecule has 0 radical (unpaired) electrons. The van der Waals surface area contributed by atoms with E-state index >= 15 is 0 Å². The smallest absolute Gasteiger partial charge is 0.164 e. The van der Waals surface area contributed by atoms with Crippen molar-refractivity contribution in [2.75, 3.05) is 0 Å². The molecule has 0 saturated heterocycles. The van der Waals surface area contributed by atoms with E-state index in [1.165, 1.54) is 38.1 Å². The highest BCUT2D eigenvalue weighted by Crippen LogP contribution is 2.42. The molecule has 11 rings (SSSR count). The maximum atomic E-state index is 5.08. The molecule has 57 heavy (non-hydrogen) atoms. The third-order valence-electron chi connectivity index (χ3n) is 11.1. The molecule has 3 heterocycles. The molecular formula is C52H35N5. The van der Waals surface area contributed by atoms with Crippen molar-refractivity contribution in [1.82, 2.24) is 24.1 Å². The van der Waals surface area contributed by atoms with Crippen molar-refractivity contribution in [3.8, 4) is 56.7 Å². The molecule has 0 spiro atoms. The van der Waals surface area contributed by atoms with Gasteiger partial charge in [0.2, 0.25) is 0 Å². The first-order chi connectivity index (χ1) is 28.2. The van der Waals surface area contributed by atoms with Crippen LogP contribution in [0.2, 0.25) is 0 Å². The Morgan fingerprint density at radius 1 is 0.333 bits per heavy atom. The van der Waals surface area contributed by atoms with Gasteiger partial charge < -0.3 is 9.13 Å². The van der Waals surface area contributed by atoms with Gasteiger partial charge in [0.25, 0.3) is 0 Å². The SMILES string of the molecule is Cc1ccc(-c2nc(-c3ccccc3)nc(-c3ccccc3)n2)cc1-c1cccc2c1c1cc(-n3c4ccccc4c4ccccc43)ccc1n2-c1ccccc1. The number of hydrogen-bond donors (Lipinski definition) is 0. The first-order valence-electron chi connectivity index (χ1n) is 19.3. The molecule has 8 aromatic carbocycles. The quantitative estimate of drug-likeness (QED) is 0.171. The van der Waals surface area contributed by atoms with Gasteiger partial charge in [-0.25, -0.2) is 15.0 Å². The van der Waals surface area contributed by atoms with Gasteiger partial charge >= 0.3 is 0 Å². The van der Waals surface area contributed by atoms with Crippen LogP contribution in [0, 0.1) is 6.92 Å². The van der Waals surface area contributed by atoms with Crippen molar-refractivity contribution in [2.45, 2.75) is 6.92 Å². The Balaban J connectivity index is 1.16. The highest BCUT2D eigenvalue weighted by Gasteiger charge is 2.21. The summed E-state index contributed by atoms with van der Waals surface area (Å²) in [6, 6.07) is 68.5. The zero-order valence-corrected chi connectivity index (χ0v) is 31.2. The van der Waals surface area contributed by atoms with E-state index in [0.717, 1.165) is 50.2 Å². The number of aromatic nitrogens is 5. The molecular weight excluding hydrogens is 695 g/mol. The van der Waals surface area contributed by atoms with Gasteiger partial charge in [-0.1, -0.05) is 140 Å². The summed E-state index contributed by atoms with van der Waals surface area (Å²) in [4.78, 5) is 15.1. The minimum atomic E-state index is 0.636. The number of benzene rings is 8. The average molecular weight is 730 g/mol. The first-order valence-corrected chi connectivity index (χ1v) is 19.3. The number of fused-ring (bicyclic) bond motifs is 6. The van der Waals surface area contributed by atoms with Crippen molar-refractivity contribution in [3.63, 3.8) is 0 Å². The third kappa shape index (κ3) is 5.43. The molecule has 5 nitrogen and oxygen atoms in total. The number of nitrogens with zero attached hydrogens (tertiary/aromatic N) is 5. The maximum Gasteiger partial charge on any atom is 0.164 e. The topological polar surface area (TPSA) is 48.5 Å². The minimum absolute atomic E-state index is 0.636. The van der Waals surface area contributed by atoms with Crippen molar-refractivity contribution in [3.05, 3.63) is 200 Å². The third-order valence-corrected chi connectivity index (χ3v) is 11.1. The van der Waals surface area contributed by atoms with E-state index in [1.54, 1.807) is 0 Å². The van der Waals surface area contributed by atoms with E-state index in [9.17, 15) is 0 Å². The van der Waals surface area contributed by atoms with E-state index in [-0.39, 0.29) is 0 Å². The molecule has 0 atom stereocenters. The molecule has 5 heteroatoms. The summed E-state index contributed by atoms with van der Waals surface area (Å²) in [5, 5.41) is 4.88. The Hall–Kier alpha value is -7.63. The molecule has 0 N–H and O–H groups in total. The maximum absolute atomic E-state index is 5.08. The summed E-state index contributed by atoms with van der Waals surface area (Å²) in [5.74, 6) is 1.93. The van der Waals surface area contributed by atoms with Gasteiger partial charge in [-0.2, -0.15) is 0 Å². The molecule has 268 valence electrons. The number of para-hydroxylation sites is 3. The molecule has 0 fully saturated rings. The summed E-state index contributed by atoms with van der Waals surface area (Å²) in [6.07, 6.45) is 0. The second kappa shape index (κ2) is 13.3.